The lowest BCUT2D eigenvalue weighted by Crippen LogP contribution is -2.80. The Morgan fingerprint density at radius 1 is 1.14 bits per heavy atom. The molecule has 10 heteroatoms. The van der Waals surface area contributed by atoms with Gasteiger partial charge in [0, 0.05) is 49.0 Å². The molecule has 6 rings (SSSR count). The molecule has 6 fully saturated rings. The predicted octanol–water partition coefficient (Wildman–Crippen LogP) is 3.96. The summed E-state index contributed by atoms with van der Waals surface area (Å²) in [6.45, 7) is 15.7. The first-order valence-electron chi connectivity index (χ1n) is 16.0. The van der Waals surface area contributed by atoms with Crippen molar-refractivity contribution in [2.45, 2.75) is 134 Å². The third-order valence-corrected chi connectivity index (χ3v) is 13.2. The van der Waals surface area contributed by atoms with E-state index in [1.165, 1.54) is 7.11 Å². The molecule has 12 unspecified atom stereocenters. The summed E-state index contributed by atoms with van der Waals surface area (Å²) in [6.07, 6.45) is 3.52. The van der Waals surface area contributed by atoms with Crippen molar-refractivity contribution in [1.29, 1.82) is 0 Å². The number of rotatable bonds is 8. The minimum atomic E-state index is -1.97. The molecule has 5 bridgehead atoms. The number of hydrogen-bond acceptors (Lipinski definition) is 10. The molecule has 3 aliphatic heterocycles. The van der Waals surface area contributed by atoms with Crippen molar-refractivity contribution < 1.29 is 48.2 Å². The smallest absolute Gasteiger partial charge is 0.306 e. The molecule has 246 valence electrons. The highest BCUT2D eigenvalue weighted by molar-refractivity contribution is 5.73. The zero-order valence-electron chi connectivity index (χ0n) is 27.8. The second-order valence-corrected chi connectivity index (χ2v) is 15.3. The number of ether oxygens (including phenoxy) is 6. The van der Waals surface area contributed by atoms with Gasteiger partial charge >= 0.3 is 11.9 Å². The Hall–Kier alpha value is -1.82. The Balaban J connectivity index is 1.71. The quantitative estimate of drug-likeness (QED) is 0.305. The normalized spacial score (nSPS) is 51.4. The molecular weight excluding hydrogens is 568 g/mol. The highest BCUT2D eigenvalue weighted by Gasteiger charge is 2.96. The van der Waals surface area contributed by atoms with Gasteiger partial charge in [0.1, 0.15) is 16.8 Å². The van der Waals surface area contributed by atoms with Crippen molar-refractivity contribution >= 4 is 11.9 Å². The maximum Gasteiger partial charge on any atom is 0.306 e. The molecule has 0 amide bonds. The molecule has 10 nitrogen and oxygen atoms in total. The largest absolute Gasteiger partial charge is 0.469 e. The first-order chi connectivity index (χ1) is 20.4. The second kappa shape index (κ2) is 9.38. The van der Waals surface area contributed by atoms with Gasteiger partial charge in [0.2, 0.25) is 0 Å². The third kappa shape index (κ3) is 3.28. The molecule has 2 N–H and O–H groups in total. The standard InChI is InChI=1S/C34H50O10/c1-11-14-19(12-2)24(40-10)27(4,5)20-15-23(36)41-26-32(38)18-31-17-28(6,25(32)37)21(16-22(35)39-9)29(31,7)33(13-3)34(20,26)44-30(8,42-31)43-33/h11-12,14,20-21,24-26,37-38H,13,15-18H2,1-10H3/b14-11-,19-12+. The first-order valence-corrected chi connectivity index (χ1v) is 16.0. The van der Waals surface area contributed by atoms with E-state index in [0.717, 1.165) is 5.57 Å². The molecule has 12 atom stereocenters. The van der Waals surface area contributed by atoms with Gasteiger partial charge in [-0.3, -0.25) is 9.59 Å². The number of carbonyl (C=O) groups excluding carboxylic acids is 2. The van der Waals surface area contributed by atoms with E-state index in [9.17, 15) is 19.8 Å². The van der Waals surface area contributed by atoms with E-state index in [1.54, 1.807) is 14.0 Å². The third-order valence-electron chi connectivity index (χ3n) is 13.2. The molecule has 3 aliphatic carbocycles. The van der Waals surface area contributed by atoms with E-state index in [2.05, 4.69) is 6.92 Å². The molecule has 3 heterocycles. The van der Waals surface area contributed by atoms with Crippen molar-refractivity contribution in [2.75, 3.05) is 14.2 Å². The molecule has 0 aromatic rings. The van der Waals surface area contributed by atoms with Crippen molar-refractivity contribution in [3.8, 4) is 0 Å². The summed E-state index contributed by atoms with van der Waals surface area (Å²) in [7, 11) is 3.00. The van der Waals surface area contributed by atoms with Crippen LogP contribution in [0, 0.1) is 28.1 Å². The van der Waals surface area contributed by atoms with Crippen molar-refractivity contribution in [1.82, 2.24) is 0 Å². The van der Waals surface area contributed by atoms with Crippen LogP contribution in [0.25, 0.3) is 0 Å². The minimum Gasteiger partial charge on any atom is -0.469 e. The Morgan fingerprint density at radius 2 is 1.82 bits per heavy atom. The van der Waals surface area contributed by atoms with Crippen LogP contribution >= 0.6 is 0 Å². The highest BCUT2D eigenvalue weighted by atomic mass is 16.9. The van der Waals surface area contributed by atoms with E-state index in [0.29, 0.717) is 12.8 Å². The lowest BCUT2D eigenvalue weighted by molar-refractivity contribution is -0.449. The Morgan fingerprint density at radius 3 is 2.39 bits per heavy atom. The predicted molar refractivity (Wildman–Crippen MR) is 158 cm³/mol. The Kier molecular flexibility index (Phi) is 6.85. The second-order valence-electron chi connectivity index (χ2n) is 15.3. The topological polar surface area (TPSA) is 130 Å². The molecule has 2 spiro atoms. The number of hydrogen-bond donors (Lipinski definition) is 2. The summed E-state index contributed by atoms with van der Waals surface area (Å²) in [5, 5.41) is 25.3. The fourth-order valence-electron chi connectivity index (χ4n) is 12.0. The lowest BCUT2D eigenvalue weighted by Gasteiger charge is -2.65. The maximum absolute atomic E-state index is 13.7. The molecule has 3 saturated carbocycles. The SMILES string of the molecule is C/C=C\C(=C/C)C(OC)C(C)(C)C1CC(=O)OC2C3(O)CC45CC(C)(C3O)C(CC(=O)OC)C4(C)C3(CC)OC(C)(O5)OC123. The van der Waals surface area contributed by atoms with Crippen LogP contribution in [0.3, 0.4) is 0 Å². The van der Waals surface area contributed by atoms with E-state index >= 15 is 0 Å². The molecule has 3 saturated heterocycles. The number of fused-ring (bicyclic) bond motifs is 4. The molecule has 0 radical (unpaired) electrons. The van der Waals surface area contributed by atoms with Gasteiger partial charge in [-0.2, -0.15) is 0 Å². The lowest BCUT2D eigenvalue weighted by atomic mass is 9.45. The van der Waals surface area contributed by atoms with Gasteiger partial charge < -0.3 is 38.6 Å². The number of allylic oxidation sites excluding steroid dienone is 2. The fourth-order valence-corrected chi connectivity index (χ4v) is 12.0. The summed E-state index contributed by atoms with van der Waals surface area (Å²) in [6, 6.07) is 0. The average molecular weight is 619 g/mol. The van der Waals surface area contributed by atoms with Crippen LogP contribution in [-0.4, -0.2) is 83.1 Å². The van der Waals surface area contributed by atoms with Crippen LogP contribution in [0.2, 0.25) is 0 Å². The van der Waals surface area contributed by atoms with Crippen LogP contribution in [0.1, 0.15) is 87.5 Å². The highest BCUT2D eigenvalue weighted by Crippen LogP contribution is 2.84. The van der Waals surface area contributed by atoms with Gasteiger partial charge in [-0.25, -0.2) is 0 Å². The molecule has 44 heavy (non-hydrogen) atoms. The van der Waals surface area contributed by atoms with Gasteiger partial charge in [0.25, 0.3) is 5.97 Å². The Labute approximate surface area is 260 Å². The molecule has 6 aliphatic rings. The van der Waals surface area contributed by atoms with Crippen LogP contribution in [-0.2, 0) is 38.0 Å². The van der Waals surface area contributed by atoms with Crippen molar-refractivity contribution in [3.05, 3.63) is 23.8 Å². The monoisotopic (exact) mass is 618 g/mol. The first kappa shape index (κ1) is 32.1. The zero-order valence-corrected chi connectivity index (χ0v) is 27.8. The summed E-state index contributed by atoms with van der Waals surface area (Å²) in [5.74, 6) is -3.60. The van der Waals surface area contributed by atoms with Gasteiger partial charge in [-0.15, -0.1) is 0 Å². The Bertz CT molecular complexity index is 1320. The minimum absolute atomic E-state index is 0.00573. The van der Waals surface area contributed by atoms with E-state index in [-0.39, 0.29) is 19.3 Å². The van der Waals surface area contributed by atoms with Gasteiger partial charge in [-0.05, 0) is 38.2 Å². The van der Waals surface area contributed by atoms with Crippen molar-refractivity contribution in [2.24, 2.45) is 28.1 Å². The van der Waals surface area contributed by atoms with Crippen molar-refractivity contribution in [3.63, 3.8) is 0 Å². The van der Waals surface area contributed by atoms with E-state index < -0.39 is 86.7 Å². The fraction of sp³-hybridized carbons (Fsp3) is 0.824. The summed E-state index contributed by atoms with van der Waals surface area (Å²) < 4.78 is 38.9. The summed E-state index contributed by atoms with van der Waals surface area (Å²) in [5.41, 5.74) is -7.61. The maximum atomic E-state index is 13.7. The molecule has 0 aromatic carbocycles. The number of carbonyl (C=O) groups is 2. The van der Waals surface area contributed by atoms with Gasteiger partial charge in [0.15, 0.2) is 6.10 Å². The van der Waals surface area contributed by atoms with Crippen LogP contribution in [0.5, 0.6) is 0 Å². The van der Waals surface area contributed by atoms with Crippen LogP contribution < -0.4 is 0 Å². The van der Waals surface area contributed by atoms with Gasteiger partial charge in [0.05, 0.1) is 31.3 Å². The van der Waals surface area contributed by atoms with Crippen LogP contribution in [0.15, 0.2) is 23.8 Å². The molecular formula is C34H50O10. The van der Waals surface area contributed by atoms with Gasteiger partial charge in [-0.1, -0.05) is 52.8 Å². The number of aliphatic hydroxyl groups excluding tert-OH is 1. The van der Waals surface area contributed by atoms with E-state index in [4.69, 9.17) is 28.4 Å². The average Bonchev–Trinajstić information content (AvgIpc) is 3.28. The molecule has 0 aromatic heterocycles. The van der Waals surface area contributed by atoms with Crippen LogP contribution in [0.4, 0.5) is 0 Å². The number of aliphatic hydroxyl groups is 2. The summed E-state index contributed by atoms with van der Waals surface area (Å²) >= 11 is 0. The number of esters is 2. The number of methoxy groups -OCH3 is 2. The van der Waals surface area contributed by atoms with E-state index in [1.807, 2.05) is 59.8 Å². The zero-order chi connectivity index (χ0) is 32.5. The summed E-state index contributed by atoms with van der Waals surface area (Å²) in [4.78, 5) is 26.9.